The highest BCUT2D eigenvalue weighted by atomic mass is 19.3. The minimum absolute atomic E-state index is 0.0357. The molecule has 0 radical (unpaired) electrons. The molecule has 0 spiro atoms. The van der Waals surface area contributed by atoms with Crippen molar-refractivity contribution in [3.63, 3.8) is 0 Å². The van der Waals surface area contributed by atoms with Gasteiger partial charge < -0.3 is 14.5 Å². The lowest BCUT2D eigenvalue weighted by Crippen LogP contribution is -2.18. The molecule has 0 bridgehead atoms. The molecule has 1 aromatic carbocycles. The number of furan rings is 1. The van der Waals surface area contributed by atoms with Crippen LogP contribution in [0.2, 0.25) is 0 Å². The van der Waals surface area contributed by atoms with Crippen LogP contribution >= 0.6 is 0 Å². The summed E-state index contributed by atoms with van der Waals surface area (Å²) >= 11 is 0. The molecule has 5 heteroatoms. The number of hydrogen-bond donors (Lipinski definition) is 1. The van der Waals surface area contributed by atoms with Crippen molar-refractivity contribution < 1.29 is 17.9 Å². The molecule has 0 aliphatic heterocycles. The fraction of sp³-hybridized carbons (Fsp3) is 0.286. The standard InChI is InChI=1S/C14H15F2NO2/c1-10(9-11-5-4-8-18-11)17-12-6-2-3-7-13(12)19-14(15)16/h2-8,10,14,17H,9H2,1H3. The third-order valence-corrected chi connectivity index (χ3v) is 2.59. The van der Waals surface area contributed by atoms with Crippen molar-refractivity contribution in [2.24, 2.45) is 0 Å². The number of rotatable bonds is 6. The zero-order valence-electron chi connectivity index (χ0n) is 10.5. The maximum Gasteiger partial charge on any atom is 0.387 e. The molecule has 1 heterocycles. The van der Waals surface area contributed by atoms with Gasteiger partial charge in [-0.3, -0.25) is 0 Å². The smallest absolute Gasteiger partial charge is 0.387 e. The van der Waals surface area contributed by atoms with Crippen LogP contribution in [0.1, 0.15) is 12.7 Å². The molecule has 2 rings (SSSR count). The Morgan fingerprint density at radius 2 is 2.00 bits per heavy atom. The highest BCUT2D eigenvalue weighted by molar-refractivity contribution is 5.56. The number of ether oxygens (including phenoxy) is 1. The van der Waals surface area contributed by atoms with E-state index in [1.807, 2.05) is 19.1 Å². The molecule has 1 N–H and O–H groups in total. The molecule has 19 heavy (non-hydrogen) atoms. The number of para-hydroxylation sites is 2. The summed E-state index contributed by atoms with van der Waals surface area (Å²) in [5, 5.41) is 3.14. The van der Waals surface area contributed by atoms with Gasteiger partial charge in [0.05, 0.1) is 12.0 Å². The number of hydrogen-bond acceptors (Lipinski definition) is 3. The Balaban J connectivity index is 2.01. The van der Waals surface area contributed by atoms with E-state index in [1.165, 1.54) is 6.07 Å². The maximum absolute atomic E-state index is 12.3. The Hall–Kier alpha value is -2.04. The second-order valence-corrected chi connectivity index (χ2v) is 4.20. The number of nitrogens with one attached hydrogen (secondary N) is 1. The molecule has 2 aromatic rings. The van der Waals surface area contributed by atoms with Crippen LogP contribution in [0, 0.1) is 0 Å². The van der Waals surface area contributed by atoms with Gasteiger partial charge in [0.25, 0.3) is 0 Å². The predicted octanol–water partition coefficient (Wildman–Crippen LogP) is 3.92. The van der Waals surface area contributed by atoms with Crippen molar-refractivity contribution in [2.45, 2.75) is 26.0 Å². The second kappa shape index (κ2) is 6.22. The second-order valence-electron chi connectivity index (χ2n) is 4.20. The molecule has 1 unspecified atom stereocenters. The van der Waals surface area contributed by atoms with Crippen molar-refractivity contribution >= 4 is 5.69 Å². The average molecular weight is 267 g/mol. The molecule has 0 saturated carbocycles. The molecule has 0 aliphatic rings. The number of halogens is 2. The predicted molar refractivity (Wildman–Crippen MR) is 68.6 cm³/mol. The Morgan fingerprint density at radius 1 is 1.21 bits per heavy atom. The fourth-order valence-corrected chi connectivity index (χ4v) is 1.83. The van der Waals surface area contributed by atoms with Gasteiger partial charge in [-0.25, -0.2) is 0 Å². The van der Waals surface area contributed by atoms with Gasteiger partial charge >= 0.3 is 6.61 Å². The minimum Gasteiger partial charge on any atom is -0.469 e. The largest absolute Gasteiger partial charge is 0.469 e. The van der Waals surface area contributed by atoms with Gasteiger partial charge in [-0.15, -0.1) is 0 Å². The lowest BCUT2D eigenvalue weighted by molar-refractivity contribution is -0.0493. The van der Waals surface area contributed by atoms with Crippen molar-refractivity contribution in [2.75, 3.05) is 5.32 Å². The highest BCUT2D eigenvalue weighted by Gasteiger charge is 2.12. The van der Waals surface area contributed by atoms with Crippen LogP contribution in [-0.2, 0) is 6.42 Å². The summed E-state index contributed by atoms with van der Waals surface area (Å²) in [4.78, 5) is 0. The molecule has 0 fully saturated rings. The SMILES string of the molecule is CC(Cc1ccco1)Nc1ccccc1OC(F)F. The summed E-state index contributed by atoms with van der Waals surface area (Å²) in [6.45, 7) is -0.884. The van der Waals surface area contributed by atoms with E-state index in [-0.39, 0.29) is 11.8 Å². The zero-order chi connectivity index (χ0) is 13.7. The summed E-state index contributed by atoms with van der Waals surface area (Å²) in [6.07, 6.45) is 2.27. The van der Waals surface area contributed by atoms with Gasteiger partial charge in [-0.1, -0.05) is 12.1 Å². The van der Waals surface area contributed by atoms with Gasteiger partial charge in [0.2, 0.25) is 0 Å². The number of benzene rings is 1. The van der Waals surface area contributed by atoms with Crippen molar-refractivity contribution in [3.05, 3.63) is 48.4 Å². The van der Waals surface area contributed by atoms with E-state index in [0.29, 0.717) is 12.1 Å². The van der Waals surface area contributed by atoms with Crippen LogP contribution in [0.3, 0.4) is 0 Å². The molecule has 0 amide bonds. The van der Waals surface area contributed by atoms with Crippen LogP contribution in [0.5, 0.6) is 5.75 Å². The first-order valence-electron chi connectivity index (χ1n) is 5.98. The lowest BCUT2D eigenvalue weighted by Gasteiger charge is -2.17. The summed E-state index contributed by atoms with van der Waals surface area (Å²) in [5.41, 5.74) is 0.543. The summed E-state index contributed by atoms with van der Waals surface area (Å²) in [6, 6.07) is 10.4. The van der Waals surface area contributed by atoms with Crippen molar-refractivity contribution in [1.29, 1.82) is 0 Å². The maximum atomic E-state index is 12.3. The van der Waals surface area contributed by atoms with Gasteiger partial charge in [-0.05, 0) is 31.2 Å². The topological polar surface area (TPSA) is 34.4 Å². The van der Waals surface area contributed by atoms with E-state index in [4.69, 9.17) is 4.42 Å². The molecule has 3 nitrogen and oxygen atoms in total. The van der Waals surface area contributed by atoms with Crippen LogP contribution in [-0.4, -0.2) is 12.7 Å². The first-order valence-corrected chi connectivity index (χ1v) is 5.98. The van der Waals surface area contributed by atoms with Crippen molar-refractivity contribution in [3.8, 4) is 5.75 Å². The zero-order valence-corrected chi connectivity index (χ0v) is 10.5. The Labute approximate surface area is 110 Å². The summed E-state index contributed by atoms with van der Waals surface area (Å²) < 4.78 is 34.3. The Morgan fingerprint density at radius 3 is 2.68 bits per heavy atom. The van der Waals surface area contributed by atoms with Gasteiger partial charge in [-0.2, -0.15) is 8.78 Å². The lowest BCUT2D eigenvalue weighted by atomic mass is 10.2. The molecular formula is C14H15F2NO2. The van der Waals surface area contributed by atoms with Gasteiger partial charge in [0, 0.05) is 12.5 Å². The molecule has 102 valence electrons. The van der Waals surface area contributed by atoms with E-state index in [2.05, 4.69) is 10.1 Å². The Bertz CT molecular complexity index is 500. The van der Waals surface area contributed by atoms with Gasteiger partial charge in [0.1, 0.15) is 11.5 Å². The normalized spacial score (nSPS) is 12.4. The monoisotopic (exact) mass is 267 g/mol. The fourth-order valence-electron chi connectivity index (χ4n) is 1.83. The molecule has 0 saturated heterocycles. The molecular weight excluding hydrogens is 252 g/mol. The average Bonchev–Trinajstić information content (AvgIpc) is 2.83. The summed E-state index contributed by atoms with van der Waals surface area (Å²) in [7, 11) is 0. The number of alkyl halides is 2. The van der Waals surface area contributed by atoms with E-state index in [9.17, 15) is 8.78 Å². The minimum atomic E-state index is -2.83. The quantitative estimate of drug-likeness (QED) is 0.861. The molecule has 0 aliphatic carbocycles. The summed E-state index contributed by atoms with van der Waals surface area (Å²) in [5.74, 6) is 0.982. The Kier molecular flexibility index (Phi) is 4.39. The molecule has 1 atom stereocenters. The van der Waals surface area contributed by atoms with Crippen LogP contribution < -0.4 is 10.1 Å². The first kappa shape index (κ1) is 13.4. The van der Waals surface area contributed by atoms with E-state index in [1.54, 1.807) is 24.5 Å². The first-order chi connectivity index (χ1) is 9.15. The third-order valence-electron chi connectivity index (χ3n) is 2.59. The van der Waals surface area contributed by atoms with Crippen LogP contribution in [0.15, 0.2) is 47.1 Å². The third kappa shape index (κ3) is 3.98. The van der Waals surface area contributed by atoms with Crippen LogP contribution in [0.25, 0.3) is 0 Å². The van der Waals surface area contributed by atoms with E-state index in [0.717, 1.165) is 5.76 Å². The van der Waals surface area contributed by atoms with Crippen LogP contribution in [0.4, 0.5) is 14.5 Å². The van der Waals surface area contributed by atoms with E-state index >= 15 is 0 Å². The van der Waals surface area contributed by atoms with Gasteiger partial charge in [0.15, 0.2) is 0 Å². The van der Waals surface area contributed by atoms with E-state index < -0.39 is 6.61 Å². The molecule has 1 aromatic heterocycles. The highest BCUT2D eigenvalue weighted by Crippen LogP contribution is 2.26. The number of anilines is 1. The van der Waals surface area contributed by atoms with Crippen molar-refractivity contribution in [1.82, 2.24) is 0 Å².